The summed E-state index contributed by atoms with van der Waals surface area (Å²) in [6.45, 7) is 2.79. The predicted molar refractivity (Wildman–Crippen MR) is 105 cm³/mol. The summed E-state index contributed by atoms with van der Waals surface area (Å²) >= 11 is 0. The fourth-order valence-corrected chi connectivity index (χ4v) is 4.95. The number of carbonyl (C=O) groups excluding carboxylic acids is 1. The molecule has 5 nitrogen and oxygen atoms in total. The maximum Gasteiger partial charge on any atom is 0.252 e. The molecule has 1 fully saturated rings. The molecule has 1 N–H and O–H groups in total. The van der Waals surface area contributed by atoms with Crippen LogP contribution in [-0.2, 0) is 16.4 Å². The van der Waals surface area contributed by atoms with Gasteiger partial charge in [-0.05, 0) is 36.6 Å². The van der Waals surface area contributed by atoms with E-state index in [4.69, 9.17) is 0 Å². The number of sulfone groups is 1. The lowest BCUT2D eigenvalue weighted by molar-refractivity contribution is 0.0908. The first kappa shape index (κ1) is 17.9. The molecule has 0 unspecified atom stereocenters. The van der Waals surface area contributed by atoms with Gasteiger partial charge >= 0.3 is 0 Å². The van der Waals surface area contributed by atoms with Crippen LogP contribution in [0.2, 0.25) is 0 Å². The number of benzene rings is 2. The molecule has 0 aliphatic carbocycles. The zero-order valence-electron chi connectivity index (χ0n) is 15.0. The third-order valence-corrected chi connectivity index (χ3v) is 6.67. The number of nitrogens with one attached hydrogen (secondary N) is 1. The minimum absolute atomic E-state index is 0.113. The van der Waals surface area contributed by atoms with Crippen molar-refractivity contribution in [3.63, 3.8) is 0 Å². The third kappa shape index (κ3) is 3.82. The van der Waals surface area contributed by atoms with Crippen molar-refractivity contribution in [1.29, 1.82) is 0 Å². The Labute approximate surface area is 159 Å². The highest BCUT2D eigenvalue weighted by atomic mass is 32.2. The van der Waals surface area contributed by atoms with Gasteiger partial charge in [0.1, 0.15) is 0 Å². The maximum absolute atomic E-state index is 12.7. The monoisotopic (exact) mass is 382 g/mol. The van der Waals surface area contributed by atoms with E-state index in [1.54, 1.807) is 18.2 Å². The van der Waals surface area contributed by atoms with E-state index in [2.05, 4.69) is 34.5 Å². The lowest BCUT2D eigenvalue weighted by Gasteiger charge is -2.32. The van der Waals surface area contributed by atoms with Crippen molar-refractivity contribution in [2.45, 2.75) is 30.3 Å². The summed E-state index contributed by atoms with van der Waals surface area (Å²) in [5.41, 5.74) is 2.22. The zero-order chi connectivity index (χ0) is 18.9. The maximum atomic E-state index is 12.7. The van der Waals surface area contributed by atoms with Crippen molar-refractivity contribution in [3.8, 4) is 0 Å². The number of carbonyl (C=O) groups is 1. The number of amides is 1. The number of fused-ring (bicyclic) bond motifs is 1. The van der Waals surface area contributed by atoms with E-state index in [0.29, 0.717) is 11.1 Å². The summed E-state index contributed by atoms with van der Waals surface area (Å²) in [4.78, 5) is 15.3. The molecular weight excluding hydrogens is 360 g/mol. The standard InChI is InChI=1S/C21H22N2O3S/c24-21(19-7-4-8-20-18(19)11-14-27(20,25)26)22-17-9-12-23(13-10-17)15-16-5-2-1-3-6-16/h1-8,11,14,17H,9-10,12-13,15H2,(H,22,24). The number of hydrogen-bond acceptors (Lipinski definition) is 4. The lowest BCUT2D eigenvalue weighted by atomic mass is 10.0. The molecule has 1 saturated heterocycles. The smallest absolute Gasteiger partial charge is 0.252 e. The van der Waals surface area contributed by atoms with Crippen molar-refractivity contribution in [2.24, 2.45) is 0 Å². The third-order valence-electron chi connectivity index (χ3n) is 5.20. The second-order valence-corrected chi connectivity index (χ2v) is 8.88. The summed E-state index contributed by atoms with van der Waals surface area (Å²) < 4.78 is 24.0. The molecule has 2 aromatic rings. The molecule has 2 aliphatic rings. The van der Waals surface area contributed by atoms with Gasteiger partial charge < -0.3 is 5.32 Å². The SMILES string of the molecule is O=C(NC1CCN(Cc2ccccc2)CC1)c1cccc2c1C=CS2(=O)=O. The molecule has 0 atom stereocenters. The summed E-state index contributed by atoms with van der Waals surface area (Å²) in [5, 5.41) is 4.25. The van der Waals surface area contributed by atoms with Crippen LogP contribution in [0.5, 0.6) is 0 Å². The van der Waals surface area contributed by atoms with Gasteiger partial charge in [0.05, 0.1) is 4.90 Å². The molecule has 0 radical (unpaired) electrons. The Bertz CT molecular complexity index is 976. The molecule has 2 aromatic carbocycles. The van der Waals surface area contributed by atoms with Gasteiger partial charge in [-0.25, -0.2) is 8.42 Å². The van der Waals surface area contributed by atoms with Crippen LogP contribution < -0.4 is 5.32 Å². The summed E-state index contributed by atoms with van der Waals surface area (Å²) in [5.74, 6) is -0.199. The molecule has 2 heterocycles. The number of piperidine rings is 1. The Morgan fingerprint density at radius 3 is 2.52 bits per heavy atom. The average molecular weight is 382 g/mol. The van der Waals surface area contributed by atoms with Crippen molar-refractivity contribution in [2.75, 3.05) is 13.1 Å². The average Bonchev–Trinajstić information content (AvgIpc) is 2.99. The van der Waals surface area contributed by atoms with Gasteiger partial charge in [0, 0.05) is 42.2 Å². The molecule has 140 valence electrons. The van der Waals surface area contributed by atoms with Crippen molar-refractivity contribution in [3.05, 3.63) is 70.6 Å². The van der Waals surface area contributed by atoms with Crippen LogP contribution in [0.3, 0.4) is 0 Å². The molecule has 0 aromatic heterocycles. The Kier molecular flexibility index (Phi) is 4.85. The second-order valence-electron chi connectivity index (χ2n) is 7.07. The van der Waals surface area contributed by atoms with Gasteiger partial charge in [-0.2, -0.15) is 0 Å². The minimum Gasteiger partial charge on any atom is -0.349 e. The molecule has 6 heteroatoms. The Morgan fingerprint density at radius 2 is 1.78 bits per heavy atom. The van der Waals surface area contributed by atoms with Crippen LogP contribution in [-0.4, -0.2) is 38.4 Å². The van der Waals surface area contributed by atoms with E-state index in [1.807, 2.05) is 6.07 Å². The molecule has 4 rings (SSSR count). The van der Waals surface area contributed by atoms with E-state index in [1.165, 1.54) is 11.6 Å². The highest BCUT2D eigenvalue weighted by Gasteiger charge is 2.27. The van der Waals surface area contributed by atoms with Crippen molar-refractivity contribution >= 4 is 21.8 Å². The zero-order valence-corrected chi connectivity index (χ0v) is 15.8. The molecule has 2 aliphatic heterocycles. The van der Waals surface area contributed by atoms with E-state index in [0.717, 1.165) is 37.9 Å². The van der Waals surface area contributed by atoms with E-state index in [-0.39, 0.29) is 16.8 Å². The molecule has 0 saturated carbocycles. The lowest BCUT2D eigenvalue weighted by Crippen LogP contribution is -2.44. The van der Waals surface area contributed by atoms with Crippen molar-refractivity contribution < 1.29 is 13.2 Å². The van der Waals surface area contributed by atoms with Gasteiger partial charge in [0.15, 0.2) is 9.84 Å². The number of hydrogen-bond donors (Lipinski definition) is 1. The topological polar surface area (TPSA) is 66.5 Å². The van der Waals surface area contributed by atoms with Gasteiger partial charge in [-0.1, -0.05) is 36.4 Å². The van der Waals surface area contributed by atoms with Crippen LogP contribution in [0.1, 0.15) is 34.3 Å². The fraction of sp³-hybridized carbons (Fsp3) is 0.286. The predicted octanol–water partition coefficient (Wildman–Crippen LogP) is 2.84. The Morgan fingerprint density at radius 1 is 1.04 bits per heavy atom. The molecular formula is C21H22N2O3S. The highest BCUT2D eigenvalue weighted by Crippen LogP contribution is 2.29. The van der Waals surface area contributed by atoms with E-state index < -0.39 is 9.84 Å². The number of likely N-dealkylation sites (tertiary alicyclic amines) is 1. The highest BCUT2D eigenvalue weighted by molar-refractivity contribution is 7.94. The van der Waals surface area contributed by atoms with Crippen molar-refractivity contribution in [1.82, 2.24) is 10.2 Å². The van der Waals surface area contributed by atoms with Crippen LogP contribution in [0, 0.1) is 0 Å². The quantitative estimate of drug-likeness (QED) is 0.883. The van der Waals surface area contributed by atoms with Crippen LogP contribution in [0.25, 0.3) is 6.08 Å². The first-order valence-corrected chi connectivity index (χ1v) is 10.7. The Balaban J connectivity index is 1.37. The largest absolute Gasteiger partial charge is 0.349 e. The van der Waals surface area contributed by atoms with Gasteiger partial charge in [0.25, 0.3) is 5.91 Å². The van der Waals surface area contributed by atoms with Crippen LogP contribution >= 0.6 is 0 Å². The summed E-state index contributed by atoms with van der Waals surface area (Å²) in [6.07, 6.45) is 3.30. The first-order valence-electron chi connectivity index (χ1n) is 9.16. The van der Waals surface area contributed by atoms with Crippen LogP contribution in [0.15, 0.2) is 58.8 Å². The fourth-order valence-electron chi connectivity index (χ4n) is 3.73. The minimum atomic E-state index is -3.40. The summed E-state index contributed by atoms with van der Waals surface area (Å²) in [6, 6.07) is 15.4. The Hall–Kier alpha value is -2.44. The number of rotatable bonds is 4. The van der Waals surface area contributed by atoms with E-state index >= 15 is 0 Å². The molecule has 1 amide bonds. The normalized spacial score (nSPS) is 19.0. The first-order chi connectivity index (χ1) is 13.0. The molecule has 27 heavy (non-hydrogen) atoms. The summed E-state index contributed by atoms with van der Waals surface area (Å²) in [7, 11) is -3.40. The van der Waals surface area contributed by atoms with Crippen LogP contribution in [0.4, 0.5) is 0 Å². The second kappa shape index (κ2) is 7.29. The van der Waals surface area contributed by atoms with E-state index in [9.17, 15) is 13.2 Å². The van der Waals surface area contributed by atoms with Gasteiger partial charge in [0.2, 0.25) is 0 Å². The van der Waals surface area contributed by atoms with Gasteiger partial charge in [-0.15, -0.1) is 0 Å². The molecule has 0 bridgehead atoms. The number of nitrogens with zero attached hydrogens (tertiary/aromatic N) is 1. The molecule has 0 spiro atoms. The van der Waals surface area contributed by atoms with Gasteiger partial charge in [-0.3, -0.25) is 9.69 Å².